The summed E-state index contributed by atoms with van der Waals surface area (Å²) in [6.07, 6.45) is 0.380. The lowest BCUT2D eigenvalue weighted by Crippen LogP contribution is -2.43. The van der Waals surface area contributed by atoms with Crippen LogP contribution >= 0.6 is 0 Å². The van der Waals surface area contributed by atoms with Gasteiger partial charge >= 0.3 is 11.9 Å². The monoisotopic (exact) mass is 519 g/mol. The Balaban J connectivity index is 1.89. The number of esters is 2. The van der Waals surface area contributed by atoms with E-state index in [9.17, 15) is 14.4 Å². The van der Waals surface area contributed by atoms with E-state index >= 15 is 0 Å². The number of carbonyl (C=O) groups is 3. The number of benzene rings is 2. The summed E-state index contributed by atoms with van der Waals surface area (Å²) >= 11 is 0. The van der Waals surface area contributed by atoms with Crippen LogP contribution in [0, 0.1) is 5.92 Å². The molecule has 0 aromatic heterocycles. The molecule has 1 aliphatic carbocycles. The molecule has 1 N–H and O–H groups in total. The van der Waals surface area contributed by atoms with Gasteiger partial charge in [-0.3, -0.25) is 9.59 Å². The Bertz CT molecular complexity index is 1290. The average molecular weight is 520 g/mol. The Morgan fingerprint density at radius 2 is 1.61 bits per heavy atom. The number of carbonyl (C=O) groups excluding carboxylic acids is 3. The summed E-state index contributed by atoms with van der Waals surface area (Å²) < 4.78 is 21.5. The molecule has 200 valence electrons. The summed E-state index contributed by atoms with van der Waals surface area (Å²) in [5, 5.41) is 3.31. The molecule has 0 saturated heterocycles. The van der Waals surface area contributed by atoms with Crippen LogP contribution in [0.3, 0.4) is 0 Å². The molecule has 3 atom stereocenters. The minimum Gasteiger partial charge on any atom is -0.497 e. The highest BCUT2D eigenvalue weighted by Crippen LogP contribution is 2.48. The first kappa shape index (κ1) is 27.0. The molecule has 0 unspecified atom stereocenters. The van der Waals surface area contributed by atoms with Crippen LogP contribution < -0.4 is 14.8 Å². The SMILES string of the molecule is CCOC(=O)C1=C(C)NC2=C(C(=O)[C@H](C(=O)OCC)[C@@H](c3ccc(OC)cc3)C2)[C@H]1c1cccc(OC)c1. The minimum atomic E-state index is -1.07. The van der Waals surface area contributed by atoms with Crippen molar-refractivity contribution in [1.82, 2.24) is 5.32 Å². The van der Waals surface area contributed by atoms with Gasteiger partial charge in [-0.1, -0.05) is 24.3 Å². The summed E-state index contributed by atoms with van der Waals surface area (Å²) in [5.41, 5.74) is 3.49. The molecule has 0 bridgehead atoms. The van der Waals surface area contributed by atoms with Gasteiger partial charge in [0.2, 0.25) is 0 Å². The highest BCUT2D eigenvalue weighted by atomic mass is 16.5. The predicted molar refractivity (Wildman–Crippen MR) is 141 cm³/mol. The quantitative estimate of drug-likeness (QED) is 0.404. The van der Waals surface area contributed by atoms with Gasteiger partial charge < -0.3 is 24.3 Å². The van der Waals surface area contributed by atoms with Crippen LogP contribution in [0.1, 0.15) is 50.2 Å². The van der Waals surface area contributed by atoms with Crippen molar-refractivity contribution < 1.29 is 33.3 Å². The first-order chi connectivity index (χ1) is 18.3. The van der Waals surface area contributed by atoms with Crippen LogP contribution in [-0.2, 0) is 23.9 Å². The molecule has 8 heteroatoms. The first-order valence-electron chi connectivity index (χ1n) is 12.7. The highest BCUT2D eigenvalue weighted by molar-refractivity contribution is 6.13. The minimum absolute atomic E-state index is 0.147. The van der Waals surface area contributed by atoms with E-state index in [0.717, 1.165) is 5.56 Å². The molecule has 38 heavy (non-hydrogen) atoms. The van der Waals surface area contributed by atoms with Gasteiger partial charge in [-0.2, -0.15) is 0 Å². The number of rotatable bonds is 8. The number of ether oxygens (including phenoxy) is 4. The standard InChI is InChI=1S/C30H33NO7/c1-6-37-29(33)24-17(3)31-23-16-22(18-11-13-20(35-4)14-12-18)26(30(34)38-7-2)28(32)27(23)25(24)19-9-8-10-21(15-19)36-5/h8-15,22,25-26,31H,6-7,16H2,1-5H3/t22-,25+,26-/m1/s1. The largest absolute Gasteiger partial charge is 0.497 e. The van der Waals surface area contributed by atoms with Gasteiger partial charge in [0.05, 0.1) is 33.0 Å². The van der Waals surface area contributed by atoms with Crippen molar-refractivity contribution in [3.63, 3.8) is 0 Å². The second-order valence-corrected chi connectivity index (χ2v) is 9.16. The number of methoxy groups -OCH3 is 2. The fourth-order valence-corrected chi connectivity index (χ4v) is 5.34. The van der Waals surface area contributed by atoms with Gasteiger partial charge in [0.15, 0.2) is 5.78 Å². The van der Waals surface area contributed by atoms with Crippen molar-refractivity contribution in [2.45, 2.75) is 39.0 Å². The number of nitrogens with one attached hydrogen (secondary N) is 1. The molecule has 8 nitrogen and oxygen atoms in total. The summed E-state index contributed by atoms with van der Waals surface area (Å²) in [4.78, 5) is 40.8. The molecular weight excluding hydrogens is 486 g/mol. The van der Waals surface area contributed by atoms with E-state index in [1.54, 1.807) is 47.1 Å². The van der Waals surface area contributed by atoms with E-state index in [0.29, 0.717) is 46.0 Å². The average Bonchev–Trinajstić information content (AvgIpc) is 2.92. The molecule has 2 aromatic carbocycles. The molecule has 2 aliphatic rings. The Kier molecular flexibility index (Phi) is 8.20. The van der Waals surface area contributed by atoms with Gasteiger partial charge in [-0.15, -0.1) is 0 Å². The molecular formula is C30H33NO7. The van der Waals surface area contributed by atoms with Gasteiger partial charge in [-0.25, -0.2) is 4.79 Å². The zero-order chi connectivity index (χ0) is 27.4. The van der Waals surface area contributed by atoms with Crippen molar-refractivity contribution in [3.05, 3.63) is 82.2 Å². The Morgan fingerprint density at radius 3 is 2.24 bits per heavy atom. The lowest BCUT2D eigenvalue weighted by atomic mass is 9.67. The van der Waals surface area contributed by atoms with Gasteiger partial charge in [0.1, 0.15) is 17.4 Å². The molecule has 0 fully saturated rings. The molecule has 0 saturated carbocycles. The maximum Gasteiger partial charge on any atom is 0.336 e. The number of ketones is 1. The molecule has 1 aliphatic heterocycles. The molecule has 0 radical (unpaired) electrons. The van der Waals surface area contributed by atoms with E-state index in [1.807, 2.05) is 36.4 Å². The number of Topliss-reactive ketones (excluding diaryl/α,β-unsaturated/α-hetero) is 1. The Morgan fingerprint density at radius 1 is 0.921 bits per heavy atom. The zero-order valence-corrected chi connectivity index (χ0v) is 22.3. The van der Waals surface area contributed by atoms with E-state index in [2.05, 4.69) is 5.32 Å². The van der Waals surface area contributed by atoms with Gasteiger partial charge in [0, 0.05) is 28.8 Å². The van der Waals surface area contributed by atoms with Crippen LogP contribution in [0.2, 0.25) is 0 Å². The van der Waals surface area contributed by atoms with Gasteiger partial charge in [-0.05, 0) is 62.6 Å². The van der Waals surface area contributed by atoms with Crippen molar-refractivity contribution in [3.8, 4) is 11.5 Å². The summed E-state index contributed by atoms with van der Waals surface area (Å²) in [6, 6.07) is 14.6. The lowest BCUT2D eigenvalue weighted by Gasteiger charge is -2.39. The first-order valence-corrected chi connectivity index (χ1v) is 12.7. The van der Waals surface area contributed by atoms with Crippen molar-refractivity contribution in [1.29, 1.82) is 0 Å². The van der Waals surface area contributed by atoms with Crippen molar-refractivity contribution in [2.75, 3.05) is 27.4 Å². The number of hydrogen-bond acceptors (Lipinski definition) is 8. The third-order valence-corrected chi connectivity index (χ3v) is 7.03. The summed E-state index contributed by atoms with van der Waals surface area (Å²) in [5.74, 6) is -2.48. The molecule has 4 rings (SSSR count). The summed E-state index contributed by atoms with van der Waals surface area (Å²) in [7, 11) is 3.14. The molecule has 0 amide bonds. The fraction of sp³-hybridized carbons (Fsp3) is 0.367. The molecule has 0 spiro atoms. The van der Waals surface area contributed by atoms with Crippen LogP contribution in [0.5, 0.6) is 11.5 Å². The molecule has 1 heterocycles. The third kappa shape index (κ3) is 5.03. The summed E-state index contributed by atoms with van der Waals surface area (Å²) in [6.45, 7) is 5.58. The van der Waals surface area contributed by atoms with Crippen LogP contribution in [0.4, 0.5) is 0 Å². The van der Waals surface area contributed by atoms with Gasteiger partial charge in [0.25, 0.3) is 0 Å². The maximum absolute atomic E-state index is 14.3. The Labute approximate surface area is 222 Å². The van der Waals surface area contributed by atoms with E-state index in [1.165, 1.54) is 0 Å². The van der Waals surface area contributed by atoms with Crippen LogP contribution in [-0.4, -0.2) is 45.2 Å². The lowest BCUT2D eigenvalue weighted by molar-refractivity contribution is -0.152. The second-order valence-electron chi connectivity index (χ2n) is 9.16. The fourth-order valence-electron chi connectivity index (χ4n) is 5.34. The van der Waals surface area contributed by atoms with E-state index < -0.39 is 29.7 Å². The van der Waals surface area contributed by atoms with Crippen molar-refractivity contribution >= 4 is 17.7 Å². The molecule has 2 aromatic rings. The van der Waals surface area contributed by atoms with E-state index in [-0.39, 0.29) is 19.0 Å². The van der Waals surface area contributed by atoms with Crippen molar-refractivity contribution in [2.24, 2.45) is 5.92 Å². The van der Waals surface area contributed by atoms with Crippen LogP contribution in [0.25, 0.3) is 0 Å². The third-order valence-electron chi connectivity index (χ3n) is 7.03. The Hall–Kier alpha value is -4.07. The smallest absolute Gasteiger partial charge is 0.336 e. The second kappa shape index (κ2) is 11.5. The highest BCUT2D eigenvalue weighted by Gasteiger charge is 2.49. The normalized spacial score (nSPS) is 20.9. The number of dihydropyridines is 1. The predicted octanol–water partition coefficient (Wildman–Crippen LogP) is 4.42. The van der Waals surface area contributed by atoms with Crippen LogP contribution in [0.15, 0.2) is 71.1 Å². The number of allylic oxidation sites excluding steroid dienone is 3. The number of hydrogen-bond donors (Lipinski definition) is 1. The topological polar surface area (TPSA) is 100 Å². The zero-order valence-electron chi connectivity index (χ0n) is 22.3. The maximum atomic E-state index is 14.3. The van der Waals surface area contributed by atoms with E-state index in [4.69, 9.17) is 18.9 Å².